The second-order valence-electron chi connectivity index (χ2n) is 8.49. The zero-order valence-electron chi connectivity index (χ0n) is 16.6. The molecule has 1 amide bonds. The van der Waals surface area contributed by atoms with Gasteiger partial charge in [-0.2, -0.15) is 0 Å². The average Bonchev–Trinajstić information content (AvgIpc) is 2.67. The molecule has 2 fully saturated rings. The molecule has 0 spiro atoms. The molecule has 1 saturated heterocycles. The molecule has 5 heteroatoms. The van der Waals surface area contributed by atoms with Crippen molar-refractivity contribution in [2.45, 2.75) is 70.6 Å². The first-order chi connectivity index (χ1) is 13.0. The van der Waals surface area contributed by atoms with E-state index in [1.165, 1.54) is 25.0 Å². The number of nitrogens with two attached hydrogens (primary N) is 1. The number of likely N-dealkylation sites (tertiary alicyclic amines) is 1. The lowest BCUT2D eigenvalue weighted by molar-refractivity contribution is -0.0268. The molecule has 1 heterocycles. The van der Waals surface area contributed by atoms with E-state index in [0.717, 1.165) is 37.5 Å². The Morgan fingerprint density at radius 3 is 2.48 bits per heavy atom. The standard InChI is InChI=1S/C22H33FN2O2/c1-15(2)16-7-11-19(12-8-16)27-14-21-20(24)4-3-13-25(21)22(26)17-5-9-18(23)10-6-17/h5-6,9-10,15-16,19-21H,3-4,7-8,11-14,24H2,1-2H3. The van der Waals surface area contributed by atoms with E-state index >= 15 is 0 Å². The molecule has 1 aromatic carbocycles. The molecule has 27 heavy (non-hydrogen) atoms. The lowest BCUT2D eigenvalue weighted by Gasteiger charge is -2.41. The maximum absolute atomic E-state index is 13.2. The SMILES string of the molecule is CC(C)C1CCC(OCC2C(N)CCCN2C(=O)c2ccc(F)cc2)CC1. The second kappa shape index (κ2) is 9.16. The van der Waals surface area contributed by atoms with Gasteiger partial charge in [-0.25, -0.2) is 4.39 Å². The van der Waals surface area contributed by atoms with Gasteiger partial charge >= 0.3 is 0 Å². The van der Waals surface area contributed by atoms with Gasteiger partial charge in [-0.1, -0.05) is 13.8 Å². The van der Waals surface area contributed by atoms with Gasteiger partial charge in [0.15, 0.2) is 0 Å². The van der Waals surface area contributed by atoms with Gasteiger partial charge in [0, 0.05) is 18.2 Å². The van der Waals surface area contributed by atoms with Crippen LogP contribution in [0.4, 0.5) is 4.39 Å². The molecule has 4 nitrogen and oxygen atoms in total. The predicted molar refractivity (Wildman–Crippen MR) is 105 cm³/mol. The molecule has 2 unspecified atom stereocenters. The van der Waals surface area contributed by atoms with Crippen molar-refractivity contribution in [3.63, 3.8) is 0 Å². The number of nitrogens with zero attached hydrogens (tertiary/aromatic N) is 1. The van der Waals surface area contributed by atoms with Gasteiger partial charge in [0.1, 0.15) is 5.82 Å². The minimum atomic E-state index is -0.334. The summed E-state index contributed by atoms with van der Waals surface area (Å²) in [5, 5.41) is 0. The van der Waals surface area contributed by atoms with E-state index in [1.54, 1.807) is 12.1 Å². The van der Waals surface area contributed by atoms with Crippen molar-refractivity contribution >= 4 is 5.91 Å². The smallest absolute Gasteiger partial charge is 0.254 e. The average molecular weight is 377 g/mol. The molecular weight excluding hydrogens is 343 g/mol. The Morgan fingerprint density at radius 1 is 1.19 bits per heavy atom. The number of ether oxygens (including phenoxy) is 1. The summed E-state index contributed by atoms with van der Waals surface area (Å²) in [6.07, 6.45) is 6.70. The summed E-state index contributed by atoms with van der Waals surface area (Å²) in [6, 6.07) is 5.56. The van der Waals surface area contributed by atoms with Gasteiger partial charge in [0.2, 0.25) is 0 Å². The maximum atomic E-state index is 13.2. The first kappa shape index (κ1) is 20.3. The Hall–Kier alpha value is -1.46. The molecule has 150 valence electrons. The van der Waals surface area contributed by atoms with Crippen molar-refractivity contribution in [2.75, 3.05) is 13.2 Å². The van der Waals surface area contributed by atoms with Crippen LogP contribution in [0, 0.1) is 17.7 Å². The van der Waals surface area contributed by atoms with Crippen LogP contribution in [-0.4, -0.2) is 42.1 Å². The van der Waals surface area contributed by atoms with E-state index < -0.39 is 0 Å². The van der Waals surface area contributed by atoms with E-state index in [4.69, 9.17) is 10.5 Å². The molecule has 0 bridgehead atoms. The molecule has 0 radical (unpaired) electrons. The highest BCUT2D eigenvalue weighted by Gasteiger charge is 2.34. The van der Waals surface area contributed by atoms with Crippen LogP contribution in [0.1, 0.15) is 62.7 Å². The topological polar surface area (TPSA) is 55.6 Å². The highest BCUT2D eigenvalue weighted by molar-refractivity contribution is 5.94. The van der Waals surface area contributed by atoms with Crippen molar-refractivity contribution in [3.8, 4) is 0 Å². The first-order valence-electron chi connectivity index (χ1n) is 10.4. The summed E-state index contributed by atoms with van der Waals surface area (Å²) < 4.78 is 19.4. The second-order valence-corrected chi connectivity index (χ2v) is 8.49. The van der Waals surface area contributed by atoms with Crippen LogP contribution in [0.15, 0.2) is 24.3 Å². The molecule has 2 N–H and O–H groups in total. The van der Waals surface area contributed by atoms with E-state index in [2.05, 4.69) is 13.8 Å². The molecule has 2 aliphatic rings. The highest BCUT2D eigenvalue weighted by Crippen LogP contribution is 2.31. The number of rotatable bonds is 5. The van der Waals surface area contributed by atoms with Crippen LogP contribution in [-0.2, 0) is 4.74 Å². The van der Waals surface area contributed by atoms with Crippen LogP contribution in [0.3, 0.4) is 0 Å². The largest absolute Gasteiger partial charge is 0.376 e. The number of halogens is 1. The van der Waals surface area contributed by atoms with Crippen molar-refractivity contribution in [2.24, 2.45) is 17.6 Å². The summed E-state index contributed by atoms with van der Waals surface area (Å²) >= 11 is 0. The maximum Gasteiger partial charge on any atom is 0.254 e. The summed E-state index contributed by atoms with van der Waals surface area (Å²) in [5.74, 6) is 1.13. The number of hydrogen-bond donors (Lipinski definition) is 1. The van der Waals surface area contributed by atoms with Gasteiger partial charge in [0.05, 0.1) is 18.8 Å². The Balaban J connectivity index is 1.59. The number of piperidine rings is 1. The summed E-state index contributed by atoms with van der Waals surface area (Å²) in [6.45, 7) is 5.76. The highest BCUT2D eigenvalue weighted by atomic mass is 19.1. The third-order valence-electron chi connectivity index (χ3n) is 6.35. The van der Waals surface area contributed by atoms with Crippen LogP contribution in [0.2, 0.25) is 0 Å². The monoisotopic (exact) mass is 376 g/mol. The van der Waals surface area contributed by atoms with Gasteiger partial charge in [0.25, 0.3) is 5.91 Å². The van der Waals surface area contributed by atoms with E-state index in [0.29, 0.717) is 18.7 Å². The van der Waals surface area contributed by atoms with Gasteiger partial charge < -0.3 is 15.4 Å². The Bertz CT molecular complexity index is 611. The molecule has 3 rings (SSSR count). The predicted octanol–water partition coefficient (Wildman–Crippen LogP) is 3.99. The molecule has 1 aliphatic heterocycles. The molecule has 0 aromatic heterocycles. The Kier molecular flexibility index (Phi) is 6.88. The van der Waals surface area contributed by atoms with Gasteiger partial charge in [-0.3, -0.25) is 4.79 Å². The van der Waals surface area contributed by atoms with Crippen LogP contribution in [0.25, 0.3) is 0 Å². The van der Waals surface area contributed by atoms with Gasteiger partial charge in [-0.15, -0.1) is 0 Å². The van der Waals surface area contributed by atoms with Crippen LogP contribution < -0.4 is 5.73 Å². The Labute approximate surface area is 162 Å². The number of carbonyl (C=O) groups is 1. The van der Waals surface area contributed by atoms with Crippen molar-refractivity contribution in [1.29, 1.82) is 0 Å². The molecule has 1 aromatic rings. The van der Waals surface area contributed by atoms with Crippen molar-refractivity contribution in [1.82, 2.24) is 4.90 Å². The molecule has 2 atom stereocenters. The summed E-state index contributed by atoms with van der Waals surface area (Å²) in [5.41, 5.74) is 6.86. The number of hydrogen-bond acceptors (Lipinski definition) is 3. The first-order valence-corrected chi connectivity index (χ1v) is 10.4. The zero-order chi connectivity index (χ0) is 19.4. The molecule has 1 aliphatic carbocycles. The zero-order valence-corrected chi connectivity index (χ0v) is 16.6. The van der Waals surface area contributed by atoms with Crippen LogP contribution >= 0.6 is 0 Å². The summed E-state index contributed by atoms with van der Waals surface area (Å²) in [4.78, 5) is 14.8. The minimum Gasteiger partial charge on any atom is -0.376 e. The minimum absolute atomic E-state index is 0.0739. The van der Waals surface area contributed by atoms with E-state index in [1.807, 2.05) is 4.90 Å². The fraction of sp³-hybridized carbons (Fsp3) is 0.682. The Morgan fingerprint density at radius 2 is 1.85 bits per heavy atom. The van der Waals surface area contributed by atoms with Crippen molar-refractivity contribution < 1.29 is 13.9 Å². The quantitative estimate of drug-likeness (QED) is 0.845. The lowest BCUT2D eigenvalue weighted by atomic mass is 9.80. The van der Waals surface area contributed by atoms with Crippen molar-refractivity contribution in [3.05, 3.63) is 35.6 Å². The molecule has 1 saturated carbocycles. The molecular formula is C22H33FN2O2. The normalized spacial score (nSPS) is 29.1. The van der Waals surface area contributed by atoms with E-state index in [9.17, 15) is 9.18 Å². The number of amides is 1. The van der Waals surface area contributed by atoms with Crippen LogP contribution in [0.5, 0.6) is 0 Å². The fourth-order valence-electron chi connectivity index (χ4n) is 4.47. The third-order valence-corrected chi connectivity index (χ3v) is 6.35. The van der Waals surface area contributed by atoms with Gasteiger partial charge in [-0.05, 0) is 74.6 Å². The third kappa shape index (κ3) is 5.08. The summed E-state index contributed by atoms with van der Waals surface area (Å²) in [7, 11) is 0. The number of benzene rings is 1. The lowest BCUT2D eigenvalue weighted by Crippen LogP contribution is -2.56. The van der Waals surface area contributed by atoms with E-state index in [-0.39, 0.29) is 29.9 Å². The number of carbonyl (C=O) groups excluding carboxylic acids is 1. The fourth-order valence-corrected chi connectivity index (χ4v) is 4.47.